The van der Waals surface area contributed by atoms with Crippen molar-refractivity contribution in [3.05, 3.63) is 25.5 Å². The van der Waals surface area contributed by atoms with Crippen molar-refractivity contribution >= 4 is 0 Å². The van der Waals surface area contributed by atoms with E-state index in [2.05, 4.69) is 27.7 Å². The second-order valence-corrected chi connectivity index (χ2v) is 7.92. The summed E-state index contributed by atoms with van der Waals surface area (Å²) in [5.74, 6) is 3.18. The van der Waals surface area contributed by atoms with Gasteiger partial charge >= 0.3 is 21.7 Å². The first-order valence-electron chi connectivity index (χ1n) is 9.42. The smallest absolute Gasteiger partial charge is 0.659 e. The predicted octanol–water partition coefficient (Wildman–Crippen LogP) is 6.67. The van der Waals surface area contributed by atoms with Crippen LogP contribution in [0.2, 0.25) is 0 Å². The molecule has 0 heterocycles. The summed E-state index contributed by atoms with van der Waals surface area (Å²) in [4.78, 5) is 0. The van der Waals surface area contributed by atoms with Crippen molar-refractivity contribution < 1.29 is 21.7 Å². The first kappa shape index (κ1) is 26.9. The van der Waals surface area contributed by atoms with Crippen LogP contribution in [-0.4, -0.2) is 25.2 Å². The minimum Gasteiger partial charge on any atom is -0.659 e. The Hall–Kier alpha value is 0.634. The van der Waals surface area contributed by atoms with E-state index in [0.29, 0.717) is 12.1 Å². The molecule has 0 aliphatic heterocycles. The monoisotopic (exact) mass is 370 g/mol. The minimum atomic E-state index is 0. The Labute approximate surface area is 168 Å². The van der Waals surface area contributed by atoms with Gasteiger partial charge in [-0.25, -0.2) is 0 Å². The van der Waals surface area contributed by atoms with Gasteiger partial charge in [-0.15, -0.1) is 12.1 Å². The molecular formula is C21H42N2Ti. The fraction of sp³-hybridized carbons (Fsp3) is 0.905. The molecule has 0 aromatic heterocycles. The van der Waals surface area contributed by atoms with Gasteiger partial charge in [-0.3, -0.25) is 0 Å². The van der Waals surface area contributed by atoms with Gasteiger partial charge in [0, 0.05) is 0 Å². The molecule has 0 saturated heterocycles. The fourth-order valence-corrected chi connectivity index (χ4v) is 4.60. The molecule has 0 amide bonds. The molecule has 3 heteroatoms. The molecule has 0 aromatic carbocycles. The Kier molecular flexibility index (Phi) is 15.4. The third kappa shape index (κ3) is 7.89. The largest absolute Gasteiger partial charge is 4.00 e. The topological polar surface area (TPSA) is 28.2 Å². The van der Waals surface area contributed by atoms with Gasteiger partial charge in [0.15, 0.2) is 0 Å². The Balaban J connectivity index is 0. The average molecular weight is 370 g/mol. The van der Waals surface area contributed by atoms with Crippen LogP contribution in [0.5, 0.6) is 0 Å². The summed E-state index contributed by atoms with van der Waals surface area (Å²) < 4.78 is 0. The molecule has 2 aliphatic rings. The average Bonchev–Trinajstić information content (AvgIpc) is 2.44. The molecule has 0 spiro atoms. The van der Waals surface area contributed by atoms with Gasteiger partial charge in [0.1, 0.15) is 0 Å². The summed E-state index contributed by atoms with van der Waals surface area (Å²) >= 11 is 0. The summed E-state index contributed by atoms with van der Waals surface area (Å²) in [5, 5.41) is 10.0. The molecule has 0 aromatic rings. The van der Waals surface area contributed by atoms with Gasteiger partial charge in [-0.1, -0.05) is 96.3 Å². The van der Waals surface area contributed by atoms with Crippen LogP contribution in [0, 0.1) is 38.5 Å². The molecule has 2 aliphatic carbocycles. The van der Waals surface area contributed by atoms with E-state index in [4.69, 9.17) is 10.6 Å². The molecule has 0 bridgehead atoms. The molecule has 0 radical (unpaired) electrons. The summed E-state index contributed by atoms with van der Waals surface area (Å²) in [7, 11) is 0. The summed E-state index contributed by atoms with van der Waals surface area (Å²) in [6, 6.07) is 1.23. The van der Waals surface area contributed by atoms with Crippen LogP contribution < -0.4 is 0 Å². The first-order chi connectivity index (χ1) is 10.1. The van der Waals surface area contributed by atoms with Crippen LogP contribution in [0.3, 0.4) is 0 Å². The van der Waals surface area contributed by atoms with Crippen LogP contribution in [0.4, 0.5) is 0 Å². The van der Waals surface area contributed by atoms with Crippen molar-refractivity contribution in [1.29, 1.82) is 0 Å². The summed E-state index contributed by atoms with van der Waals surface area (Å²) in [6.45, 7) is 11.6. The standard InChI is InChI=1S/C19H36N2.2CH3.Ti/c1-14-8-5-9-15(2)18(14)20-12-7-13-21-19-16(3)10-6-11-17(19)4;;;/h14-19H,5-13H2,1-4H3;2*1H3;/q-2;2*-1;+4. The zero-order chi connectivity index (χ0) is 15.2. The molecule has 2 fully saturated rings. The van der Waals surface area contributed by atoms with Crippen molar-refractivity contribution in [2.24, 2.45) is 23.7 Å². The number of rotatable bonds is 6. The summed E-state index contributed by atoms with van der Waals surface area (Å²) in [5.41, 5.74) is 0. The van der Waals surface area contributed by atoms with Crippen LogP contribution in [0.1, 0.15) is 72.6 Å². The first-order valence-corrected chi connectivity index (χ1v) is 9.42. The van der Waals surface area contributed by atoms with Gasteiger partial charge < -0.3 is 25.5 Å². The van der Waals surface area contributed by atoms with Gasteiger partial charge in [-0.2, -0.15) is 13.1 Å². The summed E-state index contributed by atoms with van der Waals surface area (Å²) in [6.07, 6.45) is 9.47. The van der Waals surface area contributed by atoms with E-state index in [-0.39, 0.29) is 36.6 Å². The van der Waals surface area contributed by atoms with Crippen molar-refractivity contribution in [3.8, 4) is 0 Å². The number of hydrogen-bond acceptors (Lipinski definition) is 0. The molecule has 4 unspecified atom stereocenters. The quantitative estimate of drug-likeness (QED) is 0.284. The van der Waals surface area contributed by atoms with Gasteiger partial charge in [-0.05, 0) is 0 Å². The van der Waals surface area contributed by atoms with Crippen molar-refractivity contribution in [3.63, 3.8) is 0 Å². The van der Waals surface area contributed by atoms with Crippen LogP contribution >= 0.6 is 0 Å². The van der Waals surface area contributed by atoms with E-state index in [0.717, 1.165) is 43.2 Å². The van der Waals surface area contributed by atoms with Crippen LogP contribution in [0.15, 0.2) is 0 Å². The van der Waals surface area contributed by atoms with Crippen molar-refractivity contribution in [1.82, 2.24) is 0 Å². The maximum atomic E-state index is 5.01. The van der Waals surface area contributed by atoms with Gasteiger partial charge in [0.05, 0.1) is 0 Å². The van der Waals surface area contributed by atoms with Crippen LogP contribution in [-0.2, 0) is 21.7 Å². The van der Waals surface area contributed by atoms with Crippen LogP contribution in [0.25, 0.3) is 10.6 Å². The second kappa shape index (κ2) is 13.8. The zero-order valence-electron chi connectivity index (χ0n) is 17.2. The third-order valence-electron chi connectivity index (χ3n) is 5.97. The molecule has 140 valence electrons. The van der Waals surface area contributed by atoms with Crippen molar-refractivity contribution in [2.45, 2.75) is 84.7 Å². The fourth-order valence-electron chi connectivity index (χ4n) is 4.60. The minimum absolute atomic E-state index is 0. The van der Waals surface area contributed by atoms with Gasteiger partial charge in [0.2, 0.25) is 0 Å². The third-order valence-corrected chi connectivity index (χ3v) is 5.97. The SMILES string of the molecule is CC1CCCC(C)C1[N-]CCC[N-]C1C(C)CCCC1C.[CH3-].[CH3-].[Ti+4]. The van der Waals surface area contributed by atoms with E-state index >= 15 is 0 Å². The van der Waals surface area contributed by atoms with E-state index in [1.165, 1.54) is 38.5 Å². The molecule has 4 atom stereocenters. The maximum Gasteiger partial charge on any atom is 4.00 e. The molecule has 2 nitrogen and oxygen atoms in total. The molecule has 2 saturated carbocycles. The molecule has 24 heavy (non-hydrogen) atoms. The van der Waals surface area contributed by atoms with Gasteiger partial charge in [0.25, 0.3) is 0 Å². The Bertz CT molecular complexity index is 250. The normalized spacial score (nSPS) is 36.0. The second-order valence-electron chi connectivity index (χ2n) is 7.92. The van der Waals surface area contributed by atoms with E-state index in [1.54, 1.807) is 0 Å². The zero-order valence-corrected chi connectivity index (χ0v) is 18.8. The predicted molar refractivity (Wildman–Crippen MR) is 106 cm³/mol. The van der Waals surface area contributed by atoms with E-state index < -0.39 is 0 Å². The number of hydrogen-bond donors (Lipinski definition) is 0. The number of nitrogens with zero attached hydrogens (tertiary/aromatic N) is 2. The molecule has 2 rings (SSSR count). The molecule has 0 N–H and O–H groups in total. The molecular weight excluding hydrogens is 328 g/mol. The maximum absolute atomic E-state index is 5.01. The Morgan fingerprint density at radius 1 is 0.625 bits per heavy atom. The Morgan fingerprint density at radius 3 is 1.21 bits per heavy atom. The Morgan fingerprint density at radius 2 is 0.917 bits per heavy atom. The van der Waals surface area contributed by atoms with E-state index in [9.17, 15) is 0 Å². The van der Waals surface area contributed by atoms with Crippen molar-refractivity contribution in [2.75, 3.05) is 13.1 Å². The van der Waals surface area contributed by atoms with E-state index in [1.807, 2.05) is 0 Å².